The van der Waals surface area contributed by atoms with Crippen molar-refractivity contribution in [2.45, 2.75) is 45.2 Å². The molecule has 2 rings (SSSR count). The zero-order valence-corrected chi connectivity index (χ0v) is 13.1. The van der Waals surface area contributed by atoms with Crippen LogP contribution >= 0.6 is 0 Å². The molecule has 0 bridgehead atoms. The predicted octanol–water partition coefficient (Wildman–Crippen LogP) is 1.35. The Morgan fingerprint density at radius 3 is 2.91 bits per heavy atom. The number of carboxylic acids is 1. The van der Waals surface area contributed by atoms with Crippen LogP contribution in [-0.4, -0.2) is 51.4 Å². The molecule has 7 heteroatoms. The molecule has 0 radical (unpaired) electrons. The van der Waals surface area contributed by atoms with E-state index in [9.17, 15) is 15.0 Å². The van der Waals surface area contributed by atoms with Crippen molar-refractivity contribution in [2.24, 2.45) is 5.92 Å². The van der Waals surface area contributed by atoms with Gasteiger partial charge in [0.05, 0.1) is 12.6 Å². The maximum Gasteiger partial charge on any atom is 0.326 e. The summed E-state index contributed by atoms with van der Waals surface area (Å²) >= 11 is 0. The molecule has 0 aliphatic carbocycles. The molecule has 2 atom stereocenters. The molecule has 0 amide bonds. The summed E-state index contributed by atoms with van der Waals surface area (Å²) in [6.45, 7) is 4.91. The molecule has 2 heterocycles. The highest BCUT2D eigenvalue weighted by molar-refractivity contribution is 5.77. The van der Waals surface area contributed by atoms with Gasteiger partial charge in [-0.3, -0.25) is 0 Å². The van der Waals surface area contributed by atoms with Crippen molar-refractivity contribution in [1.82, 2.24) is 9.97 Å². The van der Waals surface area contributed by atoms with Gasteiger partial charge in [-0.15, -0.1) is 0 Å². The van der Waals surface area contributed by atoms with E-state index >= 15 is 0 Å². The summed E-state index contributed by atoms with van der Waals surface area (Å²) in [5.41, 5.74) is 0. The largest absolute Gasteiger partial charge is 0.480 e. The maximum absolute atomic E-state index is 11.3. The topological polar surface area (TPSA) is 98.6 Å². The molecule has 122 valence electrons. The first-order valence-electron chi connectivity index (χ1n) is 7.70. The molecule has 7 nitrogen and oxygen atoms in total. The molecule has 1 unspecified atom stereocenters. The molecule has 1 aliphatic heterocycles. The van der Waals surface area contributed by atoms with Crippen molar-refractivity contribution in [3.63, 3.8) is 0 Å². The van der Waals surface area contributed by atoms with E-state index in [4.69, 9.17) is 0 Å². The lowest BCUT2D eigenvalue weighted by Gasteiger charge is -2.24. The number of anilines is 2. The average Bonchev–Trinajstić information content (AvgIpc) is 2.94. The van der Waals surface area contributed by atoms with Gasteiger partial charge in [-0.05, 0) is 25.2 Å². The Bertz CT molecular complexity index is 509. The van der Waals surface area contributed by atoms with Gasteiger partial charge in [0.25, 0.3) is 0 Å². The Hall–Kier alpha value is -1.89. The third kappa shape index (κ3) is 4.07. The van der Waals surface area contributed by atoms with E-state index in [1.54, 1.807) is 6.07 Å². The summed E-state index contributed by atoms with van der Waals surface area (Å²) in [6.07, 6.45) is 3.91. The summed E-state index contributed by atoms with van der Waals surface area (Å²) in [6, 6.07) is 1.16. The Kier molecular flexibility index (Phi) is 5.54. The first-order valence-corrected chi connectivity index (χ1v) is 7.70. The average molecular weight is 308 g/mol. The van der Waals surface area contributed by atoms with E-state index in [1.807, 2.05) is 18.7 Å². The van der Waals surface area contributed by atoms with Crippen LogP contribution in [0.4, 0.5) is 11.6 Å². The summed E-state index contributed by atoms with van der Waals surface area (Å²) in [7, 11) is 0. The minimum absolute atomic E-state index is 0.0775. The highest BCUT2D eigenvalue weighted by atomic mass is 16.4. The molecule has 1 aromatic heterocycles. The van der Waals surface area contributed by atoms with Crippen molar-refractivity contribution in [2.75, 3.05) is 23.4 Å². The third-order valence-electron chi connectivity index (χ3n) is 3.86. The monoisotopic (exact) mass is 308 g/mol. The SMILES string of the molecule is CC(C)C[C@H](Nc1cc(N2CCCC2CO)ncn1)C(=O)O. The van der Waals surface area contributed by atoms with Gasteiger partial charge < -0.3 is 20.4 Å². The maximum atomic E-state index is 11.3. The van der Waals surface area contributed by atoms with Crippen LogP contribution < -0.4 is 10.2 Å². The van der Waals surface area contributed by atoms with E-state index in [2.05, 4.69) is 15.3 Å². The van der Waals surface area contributed by atoms with Crippen LogP contribution in [0, 0.1) is 5.92 Å². The predicted molar refractivity (Wildman–Crippen MR) is 84.0 cm³/mol. The Balaban J connectivity index is 2.12. The lowest BCUT2D eigenvalue weighted by Crippen LogP contribution is -2.33. The molecular weight excluding hydrogens is 284 g/mol. The summed E-state index contributed by atoms with van der Waals surface area (Å²) in [5, 5.41) is 21.7. The number of aliphatic hydroxyl groups excluding tert-OH is 1. The lowest BCUT2D eigenvalue weighted by molar-refractivity contribution is -0.138. The number of aromatic nitrogens is 2. The van der Waals surface area contributed by atoms with Crippen molar-refractivity contribution < 1.29 is 15.0 Å². The fourth-order valence-corrected chi connectivity index (χ4v) is 2.78. The smallest absolute Gasteiger partial charge is 0.326 e. The zero-order chi connectivity index (χ0) is 16.1. The fourth-order valence-electron chi connectivity index (χ4n) is 2.78. The molecule has 3 N–H and O–H groups in total. The van der Waals surface area contributed by atoms with E-state index in [0.717, 1.165) is 25.2 Å². The van der Waals surface area contributed by atoms with E-state index < -0.39 is 12.0 Å². The van der Waals surface area contributed by atoms with Gasteiger partial charge in [0.1, 0.15) is 24.0 Å². The number of aliphatic hydroxyl groups is 1. The minimum atomic E-state index is -0.886. The molecule has 0 spiro atoms. The highest BCUT2D eigenvalue weighted by Gasteiger charge is 2.26. The molecule has 0 aromatic carbocycles. The number of nitrogens with one attached hydrogen (secondary N) is 1. The zero-order valence-electron chi connectivity index (χ0n) is 13.1. The molecule has 1 aromatic rings. The van der Waals surface area contributed by atoms with Gasteiger partial charge in [0.2, 0.25) is 0 Å². The molecule has 1 fully saturated rings. The molecule has 1 saturated heterocycles. The van der Waals surface area contributed by atoms with Crippen LogP contribution in [0.5, 0.6) is 0 Å². The van der Waals surface area contributed by atoms with Crippen molar-refractivity contribution >= 4 is 17.6 Å². The molecular formula is C15H24N4O3. The molecule has 1 aliphatic rings. The Morgan fingerprint density at radius 2 is 2.27 bits per heavy atom. The minimum Gasteiger partial charge on any atom is -0.480 e. The standard InChI is InChI=1S/C15H24N4O3/c1-10(2)6-12(15(21)22)18-13-7-14(17-9-16-13)19-5-3-4-11(19)8-20/h7,9-12,20H,3-6,8H2,1-2H3,(H,21,22)(H,16,17,18)/t11?,12-/m0/s1. The number of nitrogens with zero attached hydrogens (tertiary/aromatic N) is 3. The number of carbonyl (C=O) groups is 1. The molecule has 22 heavy (non-hydrogen) atoms. The normalized spacial score (nSPS) is 19.5. The van der Waals surface area contributed by atoms with Gasteiger partial charge in [0.15, 0.2) is 0 Å². The second-order valence-corrected chi connectivity index (χ2v) is 6.10. The van der Waals surface area contributed by atoms with Crippen LogP contribution in [0.2, 0.25) is 0 Å². The number of carboxylic acid groups (broad SMARTS) is 1. The summed E-state index contributed by atoms with van der Waals surface area (Å²) in [5.74, 6) is 0.611. The fraction of sp³-hybridized carbons (Fsp3) is 0.667. The van der Waals surface area contributed by atoms with Gasteiger partial charge in [0, 0.05) is 12.6 Å². The second-order valence-electron chi connectivity index (χ2n) is 6.10. The number of rotatable bonds is 7. The second kappa shape index (κ2) is 7.40. The highest BCUT2D eigenvalue weighted by Crippen LogP contribution is 2.25. The van der Waals surface area contributed by atoms with E-state index in [-0.39, 0.29) is 18.6 Å². The van der Waals surface area contributed by atoms with Gasteiger partial charge in [-0.25, -0.2) is 14.8 Å². The Morgan fingerprint density at radius 1 is 1.50 bits per heavy atom. The van der Waals surface area contributed by atoms with Crippen molar-refractivity contribution in [3.8, 4) is 0 Å². The lowest BCUT2D eigenvalue weighted by atomic mass is 10.0. The molecule has 0 saturated carbocycles. The first-order chi connectivity index (χ1) is 10.5. The van der Waals surface area contributed by atoms with Crippen LogP contribution in [0.3, 0.4) is 0 Å². The van der Waals surface area contributed by atoms with E-state index in [1.165, 1.54) is 6.33 Å². The van der Waals surface area contributed by atoms with Gasteiger partial charge in [-0.2, -0.15) is 0 Å². The first kappa shape index (κ1) is 16.5. The number of hydrogen-bond acceptors (Lipinski definition) is 6. The van der Waals surface area contributed by atoms with Crippen LogP contribution in [0.15, 0.2) is 12.4 Å². The van der Waals surface area contributed by atoms with Crippen molar-refractivity contribution in [1.29, 1.82) is 0 Å². The van der Waals surface area contributed by atoms with E-state index in [0.29, 0.717) is 12.2 Å². The quantitative estimate of drug-likeness (QED) is 0.699. The Labute approximate surface area is 130 Å². The van der Waals surface area contributed by atoms with Gasteiger partial charge in [-0.1, -0.05) is 13.8 Å². The summed E-state index contributed by atoms with van der Waals surface area (Å²) < 4.78 is 0. The third-order valence-corrected chi connectivity index (χ3v) is 3.86. The van der Waals surface area contributed by atoms with Crippen molar-refractivity contribution in [3.05, 3.63) is 12.4 Å². The summed E-state index contributed by atoms with van der Waals surface area (Å²) in [4.78, 5) is 21.7. The number of aliphatic carboxylic acids is 1. The number of hydrogen-bond donors (Lipinski definition) is 3. The van der Waals surface area contributed by atoms with Crippen LogP contribution in [0.1, 0.15) is 33.1 Å². The van der Waals surface area contributed by atoms with Crippen LogP contribution in [0.25, 0.3) is 0 Å². The van der Waals surface area contributed by atoms with Crippen LogP contribution in [-0.2, 0) is 4.79 Å². The van der Waals surface area contributed by atoms with Gasteiger partial charge >= 0.3 is 5.97 Å².